The lowest BCUT2D eigenvalue weighted by atomic mass is 9.70. The van der Waals surface area contributed by atoms with Crippen LogP contribution in [0, 0.1) is 17.8 Å². The molecule has 1 heterocycles. The fraction of sp³-hybridized carbons (Fsp3) is 0.500. The zero-order valence-electron chi connectivity index (χ0n) is 9.36. The molecule has 0 saturated carbocycles. The highest BCUT2D eigenvalue weighted by molar-refractivity contribution is 5.29. The number of rotatable bonds is 3. The van der Waals surface area contributed by atoms with E-state index in [1.165, 1.54) is 6.33 Å². The molecule has 1 N–H and O–H groups in total. The van der Waals surface area contributed by atoms with E-state index in [1.54, 1.807) is 12.4 Å². The van der Waals surface area contributed by atoms with Crippen molar-refractivity contribution in [1.29, 1.82) is 0 Å². The number of nitrogens with zero attached hydrogens (tertiary/aromatic N) is 2. The first-order valence-corrected chi connectivity index (χ1v) is 4.93. The molecule has 0 radical (unpaired) electrons. The van der Waals surface area contributed by atoms with Crippen LogP contribution in [0.1, 0.15) is 32.8 Å². The van der Waals surface area contributed by atoms with Gasteiger partial charge in [0.2, 0.25) is 0 Å². The van der Waals surface area contributed by atoms with Crippen LogP contribution in [0.3, 0.4) is 0 Å². The first kappa shape index (κ1) is 11.7. The SMILES string of the molecule is C#CC(O)(c1cncnc1)C(C)(C)CC. The van der Waals surface area contributed by atoms with Crippen LogP contribution in [-0.2, 0) is 5.60 Å². The van der Waals surface area contributed by atoms with Gasteiger partial charge in [-0.15, -0.1) is 6.42 Å². The fourth-order valence-electron chi connectivity index (χ4n) is 1.41. The van der Waals surface area contributed by atoms with Crippen molar-refractivity contribution in [3.05, 3.63) is 24.3 Å². The van der Waals surface area contributed by atoms with Gasteiger partial charge in [0, 0.05) is 23.4 Å². The molecule has 0 aliphatic heterocycles. The monoisotopic (exact) mass is 204 g/mol. The van der Waals surface area contributed by atoms with Crippen LogP contribution in [0.15, 0.2) is 18.7 Å². The molecule has 0 saturated heterocycles. The topological polar surface area (TPSA) is 46.0 Å². The minimum absolute atomic E-state index is 0.410. The number of terminal acetylenes is 1. The molecule has 0 bridgehead atoms. The molecule has 0 aliphatic rings. The summed E-state index contributed by atoms with van der Waals surface area (Å²) in [6, 6.07) is 0. The Morgan fingerprint density at radius 3 is 2.33 bits per heavy atom. The highest BCUT2D eigenvalue weighted by Gasteiger charge is 2.42. The Morgan fingerprint density at radius 2 is 1.93 bits per heavy atom. The van der Waals surface area contributed by atoms with Crippen LogP contribution in [-0.4, -0.2) is 15.1 Å². The molecule has 1 atom stereocenters. The minimum atomic E-state index is -1.32. The molecule has 15 heavy (non-hydrogen) atoms. The summed E-state index contributed by atoms with van der Waals surface area (Å²) in [5.41, 5.74) is -1.16. The molecule has 0 aromatic carbocycles. The van der Waals surface area contributed by atoms with Gasteiger partial charge in [0.05, 0.1) is 0 Å². The molecule has 1 aromatic rings. The van der Waals surface area contributed by atoms with E-state index in [0.717, 1.165) is 6.42 Å². The standard InChI is InChI=1S/C12H16N2O/c1-5-11(3,4)12(15,6-2)10-7-13-9-14-8-10/h2,7-9,15H,5H2,1,3-4H3. The van der Waals surface area contributed by atoms with Crippen molar-refractivity contribution in [2.45, 2.75) is 32.8 Å². The number of hydrogen-bond donors (Lipinski definition) is 1. The first-order chi connectivity index (χ1) is 6.98. The quantitative estimate of drug-likeness (QED) is 0.763. The maximum Gasteiger partial charge on any atom is 0.158 e. The van der Waals surface area contributed by atoms with E-state index < -0.39 is 11.0 Å². The van der Waals surface area contributed by atoms with Gasteiger partial charge in [-0.05, 0) is 6.42 Å². The van der Waals surface area contributed by atoms with Crippen molar-refractivity contribution in [1.82, 2.24) is 9.97 Å². The van der Waals surface area contributed by atoms with Gasteiger partial charge < -0.3 is 5.11 Å². The van der Waals surface area contributed by atoms with E-state index in [-0.39, 0.29) is 0 Å². The lowest BCUT2D eigenvalue weighted by Crippen LogP contribution is -2.40. The van der Waals surface area contributed by atoms with Gasteiger partial charge in [-0.3, -0.25) is 0 Å². The molecule has 0 fully saturated rings. The zero-order chi connectivity index (χ0) is 11.5. The lowest BCUT2D eigenvalue weighted by molar-refractivity contribution is -0.0230. The maximum absolute atomic E-state index is 10.5. The van der Waals surface area contributed by atoms with Crippen LogP contribution < -0.4 is 0 Å². The highest BCUT2D eigenvalue weighted by Crippen LogP contribution is 2.40. The van der Waals surface area contributed by atoms with E-state index in [0.29, 0.717) is 5.56 Å². The number of aliphatic hydroxyl groups is 1. The van der Waals surface area contributed by atoms with Crippen molar-refractivity contribution in [2.75, 3.05) is 0 Å². The van der Waals surface area contributed by atoms with E-state index in [1.807, 2.05) is 20.8 Å². The van der Waals surface area contributed by atoms with E-state index >= 15 is 0 Å². The smallest absolute Gasteiger partial charge is 0.158 e. The molecule has 3 heteroatoms. The Bertz CT molecular complexity index is 367. The Balaban J connectivity index is 3.25. The number of aromatic nitrogens is 2. The van der Waals surface area contributed by atoms with Gasteiger partial charge in [-0.2, -0.15) is 0 Å². The van der Waals surface area contributed by atoms with Gasteiger partial charge in [-0.1, -0.05) is 26.7 Å². The van der Waals surface area contributed by atoms with Crippen LogP contribution >= 0.6 is 0 Å². The minimum Gasteiger partial charge on any atom is -0.373 e. The predicted octanol–water partition coefficient (Wildman–Crippen LogP) is 1.73. The summed E-state index contributed by atoms with van der Waals surface area (Å²) >= 11 is 0. The second kappa shape index (κ2) is 4.00. The molecule has 0 aliphatic carbocycles. The van der Waals surface area contributed by atoms with Crippen LogP contribution in [0.5, 0.6) is 0 Å². The third kappa shape index (κ3) is 1.86. The summed E-state index contributed by atoms with van der Waals surface area (Å²) in [6.07, 6.45) is 10.7. The average molecular weight is 204 g/mol. The van der Waals surface area contributed by atoms with Crippen molar-refractivity contribution in [3.8, 4) is 12.3 Å². The molecule has 0 amide bonds. The summed E-state index contributed by atoms with van der Waals surface area (Å²) in [5.74, 6) is 2.46. The normalized spacial score (nSPS) is 15.4. The summed E-state index contributed by atoms with van der Waals surface area (Å²) < 4.78 is 0. The summed E-state index contributed by atoms with van der Waals surface area (Å²) in [4.78, 5) is 7.76. The summed E-state index contributed by atoms with van der Waals surface area (Å²) in [7, 11) is 0. The predicted molar refractivity (Wildman–Crippen MR) is 58.8 cm³/mol. The molecule has 1 aromatic heterocycles. The van der Waals surface area contributed by atoms with E-state index in [9.17, 15) is 5.11 Å². The largest absolute Gasteiger partial charge is 0.373 e. The van der Waals surface area contributed by atoms with Gasteiger partial charge in [0.1, 0.15) is 6.33 Å². The molecule has 3 nitrogen and oxygen atoms in total. The van der Waals surface area contributed by atoms with Gasteiger partial charge >= 0.3 is 0 Å². The van der Waals surface area contributed by atoms with Crippen LogP contribution in [0.4, 0.5) is 0 Å². The Labute approximate surface area is 90.6 Å². The Kier molecular flexibility index (Phi) is 3.11. The zero-order valence-corrected chi connectivity index (χ0v) is 9.36. The molecule has 80 valence electrons. The molecule has 1 rings (SSSR count). The maximum atomic E-state index is 10.5. The Morgan fingerprint density at radius 1 is 1.40 bits per heavy atom. The van der Waals surface area contributed by atoms with Crippen molar-refractivity contribution in [2.24, 2.45) is 5.41 Å². The van der Waals surface area contributed by atoms with Crippen LogP contribution in [0.2, 0.25) is 0 Å². The van der Waals surface area contributed by atoms with Gasteiger partial charge in [0.15, 0.2) is 5.60 Å². The van der Waals surface area contributed by atoms with Gasteiger partial charge in [0.25, 0.3) is 0 Å². The summed E-state index contributed by atoms with van der Waals surface area (Å²) in [6.45, 7) is 5.85. The van der Waals surface area contributed by atoms with Crippen molar-refractivity contribution in [3.63, 3.8) is 0 Å². The molecular weight excluding hydrogens is 188 g/mol. The molecular formula is C12H16N2O. The third-order valence-electron chi connectivity index (χ3n) is 3.05. The average Bonchev–Trinajstić information content (AvgIpc) is 2.29. The lowest BCUT2D eigenvalue weighted by Gasteiger charge is -2.38. The van der Waals surface area contributed by atoms with Crippen LogP contribution in [0.25, 0.3) is 0 Å². The second-order valence-corrected chi connectivity index (χ2v) is 4.22. The highest BCUT2D eigenvalue weighted by atomic mass is 16.3. The van der Waals surface area contributed by atoms with E-state index in [4.69, 9.17) is 6.42 Å². The van der Waals surface area contributed by atoms with Crippen molar-refractivity contribution >= 4 is 0 Å². The van der Waals surface area contributed by atoms with E-state index in [2.05, 4.69) is 15.9 Å². The fourth-order valence-corrected chi connectivity index (χ4v) is 1.41. The Hall–Kier alpha value is -1.40. The second-order valence-electron chi connectivity index (χ2n) is 4.22. The number of hydrogen-bond acceptors (Lipinski definition) is 3. The molecule has 0 spiro atoms. The van der Waals surface area contributed by atoms with Gasteiger partial charge in [-0.25, -0.2) is 9.97 Å². The third-order valence-corrected chi connectivity index (χ3v) is 3.05. The van der Waals surface area contributed by atoms with Crippen molar-refractivity contribution < 1.29 is 5.11 Å². The summed E-state index contributed by atoms with van der Waals surface area (Å²) in [5, 5.41) is 10.5. The first-order valence-electron chi connectivity index (χ1n) is 4.93. The molecule has 1 unspecified atom stereocenters.